The van der Waals surface area contributed by atoms with Gasteiger partial charge in [-0.2, -0.15) is 4.98 Å². The molecular formula is C11H13N3O3. The number of phenolic OH excluding ortho intramolecular Hbond substituents is 1. The van der Waals surface area contributed by atoms with Crippen LogP contribution in [0, 0.1) is 0 Å². The van der Waals surface area contributed by atoms with E-state index in [1.807, 2.05) is 0 Å². The molecule has 1 aromatic carbocycles. The smallest absolute Gasteiger partial charge is 0.245 e. The van der Waals surface area contributed by atoms with Gasteiger partial charge in [0.2, 0.25) is 5.89 Å². The fourth-order valence-corrected chi connectivity index (χ4v) is 1.36. The average Bonchev–Trinajstić information content (AvgIpc) is 2.80. The van der Waals surface area contributed by atoms with E-state index in [0.717, 1.165) is 5.56 Å². The van der Waals surface area contributed by atoms with Gasteiger partial charge in [-0.05, 0) is 17.7 Å². The van der Waals surface area contributed by atoms with Gasteiger partial charge in [0.05, 0.1) is 6.61 Å². The number of rotatable bonds is 4. The van der Waals surface area contributed by atoms with E-state index in [4.69, 9.17) is 20.5 Å². The van der Waals surface area contributed by atoms with Gasteiger partial charge in [-0.15, -0.1) is 0 Å². The van der Waals surface area contributed by atoms with Gasteiger partial charge >= 0.3 is 0 Å². The SMILES string of the molecule is N[C@H](CO)c1nc(Cc2ccc(O)cc2)no1. The van der Waals surface area contributed by atoms with Crippen molar-refractivity contribution in [1.82, 2.24) is 10.1 Å². The number of hydrogen-bond acceptors (Lipinski definition) is 6. The highest BCUT2D eigenvalue weighted by Gasteiger charge is 2.13. The van der Waals surface area contributed by atoms with Crippen molar-refractivity contribution in [2.24, 2.45) is 5.73 Å². The van der Waals surface area contributed by atoms with Crippen LogP contribution in [0.15, 0.2) is 28.8 Å². The topological polar surface area (TPSA) is 105 Å². The number of benzene rings is 1. The molecule has 0 saturated carbocycles. The molecule has 1 aromatic heterocycles. The summed E-state index contributed by atoms with van der Waals surface area (Å²) in [6, 6.07) is 6.09. The first-order valence-electron chi connectivity index (χ1n) is 5.16. The Bertz CT molecular complexity index is 481. The van der Waals surface area contributed by atoms with Crippen LogP contribution in [0.1, 0.15) is 23.3 Å². The minimum Gasteiger partial charge on any atom is -0.508 e. The Morgan fingerprint density at radius 2 is 2.00 bits per heavy atom. The molecule has 0 aliphatic carbocycles. The predicted molar refractivity (Wildman–Crippen MR) is 59.2 cm³/mol. The third-order valence-electron chi connectivity index (χ3n) is 2.30. The molecule has 0 saturated heterocycles. The highest BCUT2D eigenvalue weighted by molar-refractivity contribution is 5.27. The normalized spacial score (nSPS) is 12.6. The molecular weight excluding hydrogens is 222 g/mol. The summed E-state index contributed by atoms with van der Waals surface area (Å²) in [7, 11) is 0. The molecule has 6 heteroatoms. The van der Waals surface area contributed by atoms with Crippen LogP contribution in [0.5, 0.6) is 5.75 Å². The molecule has 2 rings (SSSR count). The van der Waals surface area contributed by atoms with Crippen LogP contribution in [0.25, 0.3) is 0 Å². The minimum atomic E-state index is -0.643. The van der Waals surface area contributed by atoms with E-state index in [0.29, 0.717) is 12.2 Å². The predicted octanol–water partition coefficient (Wildman–Crippen LogP) is 0.358. The van der Waals surface area contributed by atoms with E-state index in [1.165, 1.54) is 0 Å². The third kappa shape index (κ3) is 2.80. The lowest BCUT2D eigenvalue weighted by Gasteiger charge is -1.99. The number of aromatic nitrogens is 2. The van der Waals surface area contributed by atoms with Crippen LogP contribution in [0.2, 0.25) is 0 Å². The number of hydrogen-bond donors (Lipinski definition) is 3. The van der Waals surface area contributed by atoms with E-state index in [9.17, 15) is 0 Å². The molecule has 2 aromatic rings. The van der Waals surface area contributed by atoms with Gasteiger partial charge in [0.25, 0.3) is 0 Å². The standard InChI is InChI=1S/C11H13N3O3/c12-9(6-15)11-13-10(14-17-11)5-7-1-3-8(16)4-2-7/h1-4,9,15-16H,5-6,12H2/t9-/m1/s1. The van der Waals surface area contributed by atoms with Crippen LogP contribution < -0.4 is 5.73 Å². The second-order valence-electron chi connectivity index (χ2n) is 3.68. The van der Waals surface area contributed by atoms with Crippen LogP contribution in [0.4, 0.5) is 0 Å². The zero-order valence-corrected chi connectivity index (χ0v) is 9.08. The van der Waals surface area contributed by atoms with Gasteiger partial charge in [0, 0.05) is 6.42 Å². The van der Waals surface area contributed by atoms with E-state index in [1.54, 1.807) is 24.3 Å². The van der Waals surface area contributed by atoms with Crippen LogP contribution >= 0.6 is 0 Å². The molecule has 0 aliphatic rings. The molecule has 90 valence electrons. The fraction of sp³-hybridized carbons (Fsp3) is 0.273. The Balaban J connectivity index is 2.08. The monoisotopic (exact) mass is 235 g/mol. The van der Waals surface area contributed by atoms with Crippen molar-refractivity contribution in [2.45, 2.75) is 12.5 Å². The lowest BCUT2D eigenvalue weighted by Crippen LogP contribution is -2.14. The fourth-order valence-electron chi connectivity index (χ4n) is 1.36. The van der Waals surface area contributed by atoms with Crippen molar-refractivity contribution in [3.8, 4) is 5.75 Å². The summed E-state index contributed by atoms with van der Waals surface area (Å²) < 4.78 is 4.92. The molecule has 1 heterocycles. The molecule has 0 aliphatic heterocycles. The summed E-state index contributed by atoms with van der Waals surface area (Å²) in [5, 5.41) is 21.7. The molecule has 0 spiro atoms. The maximum atomic E-state index is 9.14. The van der Waals surface area contributed by atoms with Crippen molar-refractivity contribution in [3.05, 3.63) is 41.5 Å². The minimum absolute atomic E-state index is 0.213. The van der Waals surface area contributed by atoms with Crippen LogP contribution in [0.3, 0.4) is 0 Å². The number of aliphatic hydroxyl groups is 1. The Morgan fingerprint density at radius 1 is 1.29 bits per heavy atom. The summed E-state index contributed by atoms with van der Waals surface area (Å²) in [6.45, 7) is -0.235. The number of phenols is 1. The van der Waals surface area contributed by atoms with Crippen molar-refractivity contribution in [1.29, 1.82) is 0 Å². The van der Waals surface area contributed by atoms with E-state index in [-0.39, 0.29) is 18.2 Å². The van der Waals surface area contributed by atoms with Crippen molar-refractivity contribution in [3.63, 3.8) is 0 Å². The maximum absolute atomic E-state index is 9.14. The molecule has 0 unspecified atom stereocenters. The molecule has 0 amide bonds. The van der Waals surface area contributed by atoms with Gasteiger partial charge < -0.3 is 20.5 Å². The van der Waals surface area contributed by atoms with Gasteiger partial charge in [-0.25, -0.2) is 0 Å². The quantitative estimate of drug-likeness (QED) is 0.706. The third-order valence-corrected chi connectivity index (χ3v) is 2.30. The van der Waals surface area contributed by atoms with Gasteiger partial charge in [-0.3, -0.25) is 0 Å². The average molecular weight is 235 g/mol. The van der Waals surface area contributed by atoms with Crippen LogP contribution in [-0.2, 0) is 6.42 Å². The highest BCUT2D eigenvalue weighted by Crippen LogP contribution is 2.13. The second-order valence-corrected chi connectivity index (χ2v) is 3.68. The molecule has 6 nitrogen and oxygen atoms in total. The van der Waals surface area contributed by atoms with E-state index >= 15 is 0 Å². The summed E-state index contributed by atoms with van der Waals surface area (Å²) in [5.74, 6) is 0.931. The van der Waals surface area contributed by atoms with Gasteiger partial charge in [0.15, 0.2) is 5.82 Å². The zero-order chi connectivity index (χ0) is 12.3. The molecule has 0 bridgehead atoms. The number of nitrogens with zero attached hydrogens (tertiary/aromatic N) is 2. The lowest BCUT2D eigenvalue weighted by atomic mass is 10.1. The van der Waals surface area contributed by atoms with Gasteiger partial charge in [-0.1, -0.05) is 17.3 Å². The Hall–Kier alpha value is -1.92. The Morgan fingerprint density at radius 3 is 2.65 bits per heavy atom. The highest BCUT2D eigenvalue weighted by atomic mass is 16.5. The number of aliphatic hydroxyl groups excluding tert-OH is 1. The van der Waals surface area contributed by atoms with Crippen molar-refractivity contribution < 1.29 is 14.7 Å². The summed E-state index contributed by atoms with van der Waals surface area (Å²) in [4.78, 5) is 4.07. The zero-order valence-electron chi connectivity index (χ0n) is 9.08. The Kier molecular flexibility index (Phi) is 3.36. The first-order valence-corrected chi connectivity index (χ1v) is 5.16. The van der Waals surface area contributed by atoms with Crippen LogP contribution in [-0.4, -0.2) is 27.0 Å². The summed E-state index contributed by atoms with van der Waals surface area (Å²) in [5.41, 5.74) is 6.49. The number of nitrogens with two attached hydrogens (primary N) is 1. The van der Waals surface area contributed by atoms with E-state index in [2.05, 4.69) is 10.1 Å². The molecule has 0 radical (unpaired) electrons. The Labute approximate surface area is 97.7 Å². The molecule has 17 heavy (non-hydrogen) atoms. The molecule has 0 fully saturated rings. The largest absolute Gasteiger partial charge is 0.508 e. The first kappa shape index (κ1) is 11.6. The van der Waals surface area contributed by atoms with Crippen molar-refractivity contribution >= 4 is 0 Å². The number of aromatic hydroxyl groups is 1. The molecule has 1 atom stereocenters. The van der Waals surface area contributed by atoms with Gasteiger partial charge in [0.1, 0.15) is 11.8 Å². The summed E-state index contributed by atoms with van der Waals surface area (Å²) in [6.07, 6.45) is 0.488. The van der Waals surface area contributed by atoms with Crippen molar-refractivity contribution in [2.75, 3.05) is 6.61 Å². The lowest BCUT2D eigenvalue weighted by molar-refractivity contribution is 0.236. The first-order chi connectivity index (χ1) is 8.19. The van der Waals surface area contributed by atoms with E-state index < -0.39 is 6.04 Å². The second kappa shape index (κ2) is 4.94. The summed E-state index contributed by atoms with van der Waals surface area (Å²) >= 11 is 0. The maximum Gasteiger partial charge on any atom is 0.245 e. The molecule has 4 N–H and O–H groups in total.